The molecule has 0 heterocycles. The quantitative estimate of drug-likeness (QED) is 0.298. The average Bonchev–Trinajstić information content (AvgIpc) is 2.40. The van der Waals surface area contributed by atoms with E-state index >= 15 is 0 Å². The molecule has 3 radical (unpaired) electrons. The highest BCUT2D eigenvalue weighted by atomic mass is 79.9. The van der Waals surface area contributed by atoms with Crippen molar-refractivity contribution in [3.63, 3.8) is 0 Å². The lowest BCUT2D eigenvalue weighted by Gasteiger charge is -2.11. The maximum atomic E-state index is 5.78. The molecule has 0 N–H and O–H groups in total. The first kappa shape index (κ1) is 16.4. The molecule has 18 heavy (non-hydrogen) atoms. The van der Waals surface area contributed by atoms with E-state index in [0.717, 1.165) is 22.2 Å². The van der Waals surface area contributed by atoms with Gasteiger partial charge in [-0.25, -0.2) is 0 Å². The van der Waals surface area contributed by atoms with Crippen molar-refractivity contribution in [1.82, 2.24) is 0 Å². The number of halogens is 2. The standard InChI is InChI=1S/C12H15BrClO2SSi/c1-2-12(18)17-16-6-5-15-11-7-9(8-14)3-4-10(11)13/h3-4,7,12H,2,5-6,8H2,1H3. The summed E-state index contributed by atoms with van der Waals surface area (Å²) in [6, 6.07) is 5.84. The molecule has 1 aromatic carbocycles. The smallest absolute Gasteiger partial charge is 0.133 e. The lowest BCUT2D eigenvalue weighted by atomic mass is 10.2. The van der Waals surface area contributed by atoms with E-state index in [9.17, 15) is 0 Å². The van der Waals surface area contributed by atoms with Crippen LogP contribution in [0, 0.1) is 0 Å². The second kappa shape index (κ2) is 9.26. The predicted molar refractivity (Wildman–Crippen MR) is 82.6 cm³/mol. The van der Waals surface area contributed by atoms with Gasteiger partial charge in [0.05, 0.1) is 11.1 Å². The van der Waals surface area contributed by atoms with Gasteiger partial charge in [0, 0.05) is 21.0 Å². The van der Waals surface area contributed by atoms with E-state index in [1.54, 1.807) is 0 Å². The van der Waals surface area contributed by atoms with Gasteiger partial charge in [0.2, 0.25) is 0 Å². The van der Waals surface area contributed by atoms with Gasteiger partial charge >= 0.3 is 0 Å². The number of hydrogen-bond acceptors (Lipinski definition) is 3. The Bertz CT molecular complexity index is 368. The van der Waals surface area contributed by atoms with Crippen LogP contribution in [0.4, 0.5) is 0 Å². The number of rotatable bonds is 8. The van der Waals surface area contributed by atoms with Crippen LogP contribution < -0.4 is 4.74 Å². The SMILES string of the molecule is CCC([Si])SOCCOc1cc(CCl)ccc1Br. The van der Waals surface area contributed by atoms with Gasteiger partial charge in [0.1, 0.15) is 12.4 Å². The minimum Gasteiger partial charge on any atom is -0.490 e. The van der Waals surface area contributed by atoms with Crippen molar-refractivity contribution in [2.75, 3.05) is 13.2 Å². The number of benzene rings is 1. The summed E-state index contributed by atoms with van der Waals surface area (Å²) in [7, 11) is 3.53. The summed E-state index contributed by atoms with van der Waals surface area (Å²) < 4.78 is 12.0. The van der Waals surface area contributed by atoms with Gasteiger partial charge in [0.25, 0.3) is 0 Å². The molecule has 0 aliphatic heterocycles. The maximum Gasteiger partial charge on any atom is 0.133 e. The number of alkyl halides is 1. The van der Waals surface area contributed by atoms with E-state index in [-0.39, 0.29) is 0 Å². The number of hydrogen-bond donors (Lipinski definition) is 0. The normalized spacial score (nSPS) is 12.4. The van der Waals surface area contributed by atoms with Crippen LogP contribution in [-0.4, -0.2) is 28.3 Å². The fraction of sp³-hybridized carbons (Fsp3) is 0.500. The molecule has 1 aromatic rings. The van der Waals surface area contributed by atoms with E-state index in [1.165, 1.54) is 12.0 Å². The maximum absolute atomic E-state index is 5.78. The molecule has 0 spiro atoms. The highest BCUT2D eigenvalue weighted by molar-refractivity contribution is 9.10. The van der Waals surface area contributed by atoms with Crippen LogP contribution in [0.15, 0.2) is 22.7 Å². The molecular formula is C12H15BrClO2SSi. The summed E-state index contributed by atoms with van der Waals surface area (Å²) in [5.41, 5.74) is 1.04. The molecule has 1 atom stereocenters. The van der Waals surface area contributed by atoms with Crippen molar-refractivity contribution in [3.8, 4) is 5.75 Å². The van der Waals surface area contributed by atoms with Crippen molar-refractivity contribution in [3.05, 3.63) is 28.2 Å². The zero-order chi connectivity index (χ0) is 13.4. The van der Waals surface area contributed by atoms with Crippen LogP contribution in [0.25, 0.3) is 0 Å². The van der Waals surface area contributed by atoms with Crippen molar-refractivity contribution in [1.29, 1.82) is 0 Å². The summed E-state index contributed by atoms with van der Waals surface area (Å²) in [4.78, 5) is 0.330. The van der Waals surface area contributed by atoms with Crippen molar-refractivity contribution in [2.24, 2.45) is 0 Å². The number of ether oxygens (including phenoxy) is 1. The Morgan fingerprint density at radius 1 is 1.44 bits per heavy atom. The van der Waals surface area contributed by atoms with Gasteiger partial charge in [-0.1, -0.05) is 13.0 Å². The van der Waals surface area contributed by atoms with Gasteiger partial charge in [-0.3, -0.25) is 0 Å². The van der Waals surface area contributed by atoms with Crippen LogP contribution in [0.1, 0.15) is 18.9 Å². The second-order valence-electron chi connectivity index (χ2n) is 3.56. The molecule has 2 nitrogen and oxygen atoms in total. The predicted octanol–water partition coefficient (Wildman–Crippen LogP) is 4.14. The molecule has 1 unspecified atom stereocenters. The molecule has 0 fully saturated rings. The molecule has 6 heteroatoms. The first-order valence-electron chi connectivity index (χ1n) is 5.64. The van der Waals surface area contributed by atoms with Crippen LogP contribution in [0.5, 0.6) is 5.75 Å². The minimum absolute atomic E-state index is 0.330. The molecular weight excluding hydrogens is 352 g/mol. The molecule has 99 valence electrons. The van der Waals surface area contributed by atoms with E-state index in [4.69, 9.17) is 20.5 Å². The van der Waals surface area contributed by atoms with Crippen LogP contribution >= 0.6 is 39.6 Å². The molecule has 0 aliphatic rings. The third-order valence-corrected chi connectivity index (χ3v) is 4.66. The van der Waals surface area contributed by atoms with E-state index in [0.29, 0.717) is 24.0 Å². The Kier molecular flexibility index (Phi) is 8.42. The second-order valence-corrected chi connectivity index (χ2v) is 6.80. The summed E-state index contributed by atoms with van der Waals surface area (Å²) in [5, 5.41) is 0. The van der Waals surface area contributed by atoms with Gasteiger partial charge in [-0.05, 0) is 52.1 Å². The molecule has 0 saturated carbocycles. The molecule has 0 aliphatic carbocycles. The first-order chi connectivity index (χ1) is 8.67. The van der Waals surface area contributed by atoms with Gasteiger partial charge in [0.15, 0.2) is 0 Å². The summed E-state index contributed by atoms with van der Waals surface area (Å²) >= 11 is 10.6. The topological polar surface area (TPSA) is 18.5 Å². The fourth-order valence-electron chi connectivity index (χ4n) is 1.13. The molecule has 0 aromatic heterocycles. The third-order valence-electron chi connectivity index (χ3n) is 2.13. The lowest BCUT2D eigenvalue weighted by molar-refractivity contribution is 0.237. The minimum atomic E-state index is 0.330. The third kappa shape index (κ3) is 5.97. The van der Waals surface area contributed by atoms with Gasteiger partial charge in [-0.2, -0.15) is 0 Å². The zero-order valence-electron chi connectivity index (χ0n) is 10.1. The Balaban J connectivity index is 2.30. The van der Waals surface area contributed by atoms with Crippen molar-refractivity contribution < 1.29 is 8.92 Å². The molecule has 0 bridgehead atoms. The highest BCUT2D eigenvalue weighted by Crippen LogP contribution is 2.26. The van der Waals surface area contributed by atoms with Crippen LogP contribution in [-0.2, 0) is 10.1 Å². The van der Waals surface area contributed by atoms with Crippen molar-refractivity contribution >= 4 is 49.8 Å². The van der Waals surface area contributed by atoms with Gasteiger partial charge in [-0.15, -0.1) is 11.6 Å². The van der Waals surface area contributed by atoms with Gasteiger partial charge < -0.3 is 8.92 Å². The Hall–Kier alpha value is 0.317. The summed E-state index contributed by atoms with van der Waals surface area (Å²) in [5.74, 6) is 1.28. The van der Waals surface area contributed by atoms with Crippen molar-refractivity contribution in [2.45, 2.75) is 24.1 Å². The summed E-state index contributed by atoms with van der Waals surface area (Å²) in [6.45, 7) is 3.16. The Morgan fingerprint density at radius 2 is 2.22 bits per heavy atom. The molecule has 0 saturated heterocycles. The first-order valence-corrected chi connectivity index (χ1v) is 8.35. The average molecular weight is 367 g/mol. The zero-order valence-corrected chi connectivity index (χ0v) is 14.3. The highest BCUT2D eigenvalue weighted by Gasteiger charge is 2.04. The molecule has 0 amide bonds. The monoisotopic (exact) mass is 365 g/mol. The van der Waals surface area contributed by atoms with E-state index in [1.807, 2.05) is 18.2 Å². The Morgan fingerprint density at radius 3 is 2.89 bits per heavy atom. The summed E-state index contributed by atoms with van der Waals surface area (Å²) in [6.07, 6.45) is 1.02. The largest absolute Gasteiger partial charge is 0.490 e. The van der Waals surface area contributed by atoms with Crippen LogP contribution in [0.3, 0.4) is 0 Å². The fourth-order valence-corrected chi connectivity index (χ4v) is 2.32. The van der Waals surface area contributed by atoms with Crippen LogP contribution in [0.2, 0.25) is 0 Å². The Labute approximate surface area is 130 Å². The van der Waals surface area contributed by atoms with E-state index in [2.05, 4.69) is 33.1 Å². The lowest BCUT2D eigenvalue weighted by Crippen LogP contribution is -2.07. The molecule has 1 rings (SSSR count). The van der Waals surface area contributed by atoms with E-state index < -0.39 is 0 Å².